The van der Waals surface area contributed by atoms with E-state index in [1.807, 2.05) is 19.1 Å². The molecule has 0 spiro atoms. The molecule has 5 heteroatoms. The van der Waals surface area contributed by atoms with Crippen LogP contribution in [0.15, 0.2) is 30.3 Å². The summed E-state index contributed by atoms with van der Waals surface area (Å²) in [6, 6.07) is 9.46. The first-order valence-corrected chi connectivity index (χ1v) is 7.70. The number of phenols is 1. The number of hydrogen-bond donors (Lipinski definition) is 2. The van der Waals surface area contributed by atoms with Crippen LogP contribution in [0.3, 0.4) is 0 Å². The molecule has 0 saturated carbocycles. The highest BCUT2D eigenvalue weighted by molar-refractivity contribution is 7.18. The number of aromatic hydroxyl groups is 1. The second-order valence-electron chi connectivity index (χ2n) is 5.04. The maximum absolute atomic E-state index is 9.47. The summed E-state index contributed by atoms with van der Waals surface area (Å²) in [5.41, 5.74) is 1.10. The topological polar surface area (TPSA) is 58.0 Å². The van der Waals surface area contributed by atoms with Gasteiger partial charge in [0.05, 0.1) is 5.39 Å². The van der Waals surface area contributed by atoms with Crippen molar-refractivity contribution < 1.29 is 5.11 Å². The van der Waals surface area contributed by atoms with E-state index in [0.717, 1.165) is 40.4 Å². The van der Waals surface area contributed by atoms with Gasteiger partial charge in [-0.3, -0.25) is 0 Å². The number of hydrogen-bond acceptors (Lipinski definition) is 5. The van der Waals surface area contributed by atoms with Crippen molar-refractivity contribution in [1.82, 2.24) is 9.97 Å². The predicted molar refractivity (Wildman–Crippen MR) is 87.2 cm³/mol. The first kappa shape index (κ1) is 13.8. The third kappa shape index (κ3) is 3.13. The molecule has 0 saturated heterocycles. The molecule has 0 aliphatic carbocycles. The fourth-order valence-corrected chi connectivity index (χ4v) is 3.25. The summed E-state index contributed by atoms with van der Waals surface area (Å²) in [6.07, 6.45) is 0.835. The van der Waals surface area contributed by atoms with Gasteiger partial charge in [0.1, 0.15) is 22.2 Å². The number of fused-ring (bicyclic) bond motifs is 1. The maximum atomic E-state index is 9.47. The summed E-state index contributed by atoms with van der Waals surface area (Å²) < 4.78 is 0. The van der Waals surface area contributed by atoms with Gasteiger partial charge >= 0.3 is 0 Å². The lowest BCUT2D eigenvalue weighted by Crippen LogP contribution is -2.07. The molecule has 2 aromatic heterocycles. The van der Waals surface area contributed by atoms with Gasteiger partial charge in [0.2, 0.25) is 0 Å². The third-order valence-electron chi connectivity index (χ3n) is 3.24. The molecular weight excluding hydrogens is 282 g/mol. The van der Waals surface area contributed by atoms with Crippen LogP contribution in [0.1, 0.15) is 16.3 Å². The normalized spacial score (nSPS) is 11.0. The highest BCUT2D eigenvalue weighted by Crippen LogP contribution is 2.28. The van der Waals surface area contributed by atoms with Gasteiger partial charge in [-0.1, -0.05) is 12.1 Å². The van der Waals surface area contributed by atoms with E-state index < -0.39 is 0 Å². The van der Waals surface area contributed by atoms with Gasteiger partial charge < -0.3 is 10.4 Å². The SMILES string of the molecule is Cc1nc(NCCc2cccc(O)c2)c2cc(C)sc2n1. The molecule has 0 bridgehead atoms. The quantitative estimate of drug-likeness (QED) is 0.772. The predicted octanol–water partition coefficient (Wildman–Crippen LogP) is 3.67. The highest BCUT2D eigenvalue weighted by Gasteiger charge is 2.08. The fourth-order valence-electron chi connectivity index (χ4n) is 2.32. The van der Waals surface area contributed by atoms with E-state index in [2.05, 4.69) is 28.3 Å². The number of rotatable bonds is 4. The largest absolute Gasteiger partial charge is 0.508 e. The molecule has 4 nitrogen and oxygen atoms in total. The van der Waals surface area contributed by atoms with E-state index in [0.29, 0.717) is 5.75 Å². The molecule has 1 aromatic carbocycles. The lowest BCUT2D eigenvalue weighted by atomic mass is 10.1. The van der Waals surface area contributed by atoms with Crippen LogP contribution < -0.4 is 5.32 Å². The molecular formula is C16H17N3OS. The van der Waals surface area contributed by atoms with Crippen molar-refractivity contribution in [3.63, 3.8) is 0 Å². The Morgan fingerprint density at radius 2 is 2.05 bits per heavy atom. The smallest absolute Gasteiger partial charge is 0.138 e. The first-order valence-electron chi connectivity index (χ1n) is 6.88. The maximum Gasteiger partial charge on any atom is 0.138 e. The zero-order chi connectivity index (χ0) is 14.8. The lowest BCUT2D eigenvalue weighted by molar-refractivity contribution is 0.474. The molecule has 0 aliphatic rings. The average molecular weight is 299 g/mol. The van der Waals surface area contributed by atoms with Crippen molar-refractivity contribution in [3.8, 4) is 5.75 Å². The summed E-state index contributed by atoms with van der Waals surface area (Å²) in [7, 11) is 0. The van der Waals surface area contributed by atoms with Gasteiger partial charge in [-0.2, -0.15) is 0 Å². The van der Waals surface area contributed by atoms with Crippen LogP contribution in [0.4, 0.5) is 5.82 Å². The van der Waals surface area contributed by atoms with Gasteiger partial charge in [-0.15, -0.1) is 11.3 Å². The second kappa shape index (κ2) is 5.69. The Balaban J connectivity index is 1.76. The molecule has 3 rings (SSSR count). The fraction of sp³-hybridized carbons (Fsp3) is 0.250. The second-order valence-corrected chi connectivity index (χ2v) is 6.28. The molecule has 3 aromatic rings. The molecule has 0 aliphatic heterocycles. The van der Waals surface area contributed by atoms with Crippen LogP contribution in [-0.2, 0) is 6.42 Å². The van der Waals surface area contributed by atoms with Crippen LogP contribution in [0.5, 0.6) is 5.75 Å². The summed E-state index contributed by atoms with van der Waals surface area (Å²) >= 11 is 1.69. The van der Waals surface area contributed by atoms with Crippen LogP contribution >= 0.6 is 11.3 Å². The van der Waals surface area contributed by atoms with E-state index in [1.54, 1.807) is 23.5 Å². The highest BCUT2D eigenvalue weighted by atomic mass is 32.1. The van der Waals surface area contributed by atoms with E-state index in [9.17, 15) is 5.11 Å². The Morgan fingerprint density at radius 1 is 1.19 bits per heavy atom. The number of nitrogens with zero attached hydrogens (tertiary/aromatic N) is 2. The van der Waals surface area contributed by atoms with Crippen molar-refractivity contribution in [3.05, 3.63) is 46.6 Å². The number of benzene rings is 1. The molecule has 2 N–H and O–H groups in total. The molecule has 0 atom stereocenters. The number of phenolic OH excluding ortho intramolecular Hbond substituents is 1. The van der Waals surface area contributed by atoms with E-state index in [1.165, 1.54) is 4.88 Å². The number of aryl methyl sites for hydroxylation is 2. The summed E-state index contributed by atoms with van der Waals surface area (Å²) in [4.78, 5) is 11.2. The van der Waals surface area contributed by atoms with Crippen LogP contribution in [-0.4, -0.2) is 21.6 Å². The summed E-state index contributed by atoms with van der Waals surface area (Å²) in [5, 5.41) is 13.9. The first-order chi connectivity index (χ1) is 10.1. The Hall–Kier alpha value is -2.14. The minimum atomic E-state index is 0.307. The minimum absolute atomic E-state index is 0.307. The van der Waals surface area contributed by atoms with Crippen molar-refractivity contribution in [1.29, 1.82) is 0 Å². The van der Waals surface area contributed by atoms with Gasteiger partial charge in [0.25, 0.3) is 0 Å². The van der Waals surface area contributed by atoms with Crippen LogP contribution in [0, 0.1) is 13.8 Å². The Kier molecular flexibility index (Phi) is 3.75. The number of anilines is 1. The molecule has 0 radical (unpaired) electrons. The van der Waals surface area contributed by atoms with Crippen molar-refractivity contribution >= 4 is 27.4 Å². The van der Waals surface area contributed by atoms with Gasteiger partial charge in [0, 0.05) is 11.4 Å². The van der Waals surface area contributed by atoms with Gasteiger partial charge in [-0.05, 0) is 44.0 Å². The third-order valence-corrected chi connectivity index (χ3v) is 4.19. The number of thiophene rings is 1. The Morgan fingerprint density at radius 3 is 2.86 bits per heavy atom. The summed E-state index contributed by atoms with van der Waals surface area (Å²) in [6.45, 7) is 4.76. The Bertz CT molecular complexity index is 782. The number of nitrogens with one attached hydrogen (secondary N) is 1. The van der Waals surface area contributed by atoms with Crippen molar-refractivity contribution in [2.45, 2.75) is 20.3 Å². The number of aromatic nitrogens is 2. The Labute approximate surface area is 127 Å². The van der Waals surface area contributed by atoms with Crippen molar-refractivity contribution in [2.75, 3.05) is 11.9 Å². The molecule has 0 amide bonds. The standard InChI is InChI=1S/C16H17N3OS/c1-10-8-14-15(18-11(2)19-16(14)21-10)17-7-6-12-4-3-5-13(20)9-12/h3-5,8-9,20H,6-7H2,1-2H3,(H,17,18,19). The average Bonchev–Trinajstić information content (AvgIpc) is 2.79. The molecule has 2 heterocycles. The van der Waals surface area contributed by atoms with Crippen molar-refractivity contribution in [2.24, 2.45) is 0 Å². The van der Waals surface area contributed by atoms with Crippen LogP contribution in [0.25, 0.3) is 10.2 Å². The van der Waals surface area contributed by atoms with Gasteiger partial charge in [-0.25, -0.2) is 9.97 Å². The van der Waals surface area contributed by atoms with Crippen LogP contribution in [0.2, 0.25) is 0 Å². The lowest BCUT2D eigenvalue weighted by Gasteiger charge is -2.08. The molecule has 108 valence electrons. The zero-order valence-corrected chi connectivity index (χ0v) is 12.9. The zero-order valence-electron chi connectivity index (χ0n) is 12.1. The molecule has 0 fully saturated rings. The summed E-state index contributed by atoms with van der Waals surface area (Å²) in [5.74, 6) is 1.98. The van der Waals surface area contributed by atoms with E-state index in [4.69, 9.17) is 0 Å². The van der Waals surface area contributed by atoms with Gasteiger partial charge in [0.15, 0.2) is 0 Å². The van der Waals surface area contributed by atoms with E-state index in [-0.39, 0.29) is 0 Å². The monoisotopic (exact) mass is 299 g/mol. The molecule has 0 unspecified atom stereocenters. The minimum Gasteiger partial charge on any atom is -0.508 e. The van der Waals surface area contributed by atoms with E-state index >= 15 is 0 Å². The molecule has 21 heavy (non-hydrogen) atoms.